The zero-order valence-corrected chi connectivity index (χ0v) is 16.5. The van der Waals surface area contributed by atoms with Gasteiger partial charge in [0.25, 0.3) is 22.7 Å². The van der Waals surface area contributed by atoms with Crippen molar-refractivity contribution < 1.29 is 39.5 Å². The predicted molar refractivity (Wildman–Crippen MR) is 105 cm³/mol. The molecule has 2 N–H and O–H groups in total. The quantitative estimate of drug-likeness (QED) is 0.292. The first-order valence-corrected chi connectivity index (χ1v) is 9.74. The summed E-state index contributed by atoms with van der Waals surface area (Å²) in [6.07, 6.45) is 0. The fourth-order valence-electron chi connectivity index (χ4n) is 2.26. The molecule has 0 amide bonds. The molecule has 0 aliphatic rings. The highest BCUT2D eigenvalue weighted by Gasteiger charge is 2.32. The average molecular weight is 486 g/mol. The van der Waals surface area contributed by atoms with Crippen LogP contribution in [0.25, 0.3) is 0 Å². The molecule has 0 spiro atoms. The molecule has 0 aliphatic heterocycles. The van der Waals surface area contributed by atoms with E-state index >= 15 is 0 Å². The molecule has 18 heteroatoms. The van der Waals surface area contributed by atoms with Gasteiger partial charge in [0.05, 0.1) is 43.0 Å². The van der Waals surface area contributed by atoms with Crippen molar-refractivity contribution in [3.63, 3.8) is 0 Å². The van der Waals surface area contributed by atoms with E-state index in [-0.39, 0.29) is 21.6 Å². The van der Waals surface area contributed by atoms with Crippen LogP contribution in [-0.4, -0.2) is 41.8 Å². The molecule has 32 heavy (non-hydrogen) atoms. The van der Waals surface area contributed by atoms with E-state index in [0.29, 0.717) is 24.3 Å². The number of rotatable bonds is 9. The van der Waals surface area contributed by atoms with E-state index in [1.54, 1.807) is 0 Å². The molecule has 0 unspecified atom stereocenters. The first kappa shape index (κ1) is 24.0. The smallest absolute Gasteiger partial charge is 0.337 e. The van der Waals surface area contributed by atoms with Crippen molar-refractivity contribution in [3.05, 3.63) is 75.8 Å². The fourth-order valence-corrected chi connectivity index (χ4v) is 4.88. The molecule has 0 aliphatic carbocycles. The van der Waals surface area contributed by atoms with Crippen LogP contribution in [-0.2, 0) is 0 Å². The van der Waals surface area contributed by atoms with Gasteiger partial charge >= 0.3 is 11.9 Å². The van der Waals surface area contributed by atoms with Crippen LogP contribution in [0.4, 0.5) is 22.7 Å². The molecule has 0 saturated heterocycles. The van der Waals surface area contributed by atoms with Crippen molar-refractivity contribution in [2.24, 2.45) is 0 Å². The van der Waals surface area contributed by atoms with Crippen LogP contribution < -0.4 is 0 Å². The van der Waals surface area contributed by atoms with Crippen LogP contribution in [0.15, 0.2) is 34.1 Å². The van der Waals surface area contributed by atoms with E-state index in [0.717, 1.165) is 0 Å². The summed E-state index contributed by atoms with van der Waals surface area (Å²) in [5.41, 5.74) is -5.62. The van der Waals surface area contributed by atoms with E-state index in [1.807, 2.05) is 0 Å². The summed E-state index contributed by atoms with van der Waals surface area (Å²) in [6, 6.07) is 2.00. The maximum Gasteiger partial charge on any atom is 0.337 e. The van der Waals surface area contributed by atoms with E-state index in [9.17, 15) is 60.3 Å². The Morgan fingerprint density at radius 3 is 1.16 bits per heavy atom. The molecule has 0 heterocycles. The van der Waals surface area contributed by atoms with Gasteiger partial charge in [-0.05, 0) is 21.6 Å². The Morgan fingerprint density at radius 2 is 0.938 bits per heavy atom. The Morgan fingerprint density at radius 1 is 0.625 bits per heavy atom. The first-order valence-electron chi connectivity index (χ1n) is 7.59. The number of non-ortho nitro benzene ring substituents is 2. The number of carboxylic acids is 2. The largest absolute Gasteiger partial charge is 0.478 e. The normalized spacial score (nSPS) is 10.4. The summed E-state index contributed by atoms with van der Waals surface area (Å²) in [7, 11) is 0.430. The highest BCUT2D eigenvalue weighted by molar-refractivity contribution is 8.76. The highest BCUT2D eigenvalue weighted by atomic mass is 33.1. The number of benzene rings is 2. The minimum Gasteiger partial charge on any atom is -0.478 e. The molecule has 0 saturated carbocycles. The van der Waals surface area contributed by atoms with Gasteiger partial charge in [-0.1, -0.05) is 0 Å². The fraction of sp³-hybridized carbons (Fsp3) is 0. The Kier molecular flexibility index (Phi) is 6.90. The van der Waals surface area contributed by atoms with E-state index in [1.165, 1.54) is 0 Å². The summed E-state index contributed by atoms with van der Waals surface area (Å²) in [5, 5.41) is 63.2. The topological polar surface area (TPSA) is 247 Å². The van der Waals surface area contributed by atoms with Crippen LogP contribution in [0.2, 0.25) is 0 Å². The number of carbonyl (C=O) groups is 2. The van der Waals surface area contributed by atoms with Gasteiger partial charge in [0.2, 0.25) is 0 Å². The molecule has 0 atom stereocenters. The van der Waals surface area contributed by atoms with Crippen molar-refractivity contribution in [2.45, 2.75) is 9.79 Å². The van der Waals surface area contributed by atoms with Crippen LogP contribution in [0.1, 0.15) is 20.7 Å². The summed E-state index contributed by atoms with van der Waals surface area (Å²) in [5.74, 6) is -3.59. The van der Waals surface area contributed by atoms with Gasteiger partial charge in [-0.25, -0.2) is 9.59 Å². The molecular formula is C14H6N4O12S2. The van der Waals surface area contributed by atoms with Gasteiger partial charge in [-0.15, -0.1) is 0 Å². The number of hydrogen-bond donors (Lipinski definition) is 2. The summed E-state index contributed by atoms with van der Waals surface area (Å²) in [4.78, 5) is 61.9. The predicted octanol–water partition coefficient (Wildman–Crippen LogP) is 3.52. The standard InChI is InChI=1S/C14H6N4O12S2/c19-13(20)7-1-5(15(23)24)3-9(17(27)28)11(7)31-32-12-8(14(21)22)2-6(16(25)26)4-10(12)18(29)30/h1-4H,(H,19,20)(H,21,22). The lowest BCUT2D eigenvalue weighted by molar-refractivity contribution is -0.396. The van der Waals surface area contributed by atoms with E-state index in [2.05, 4.69) is 0 Å². The Labute approximate surface area is 181 Å². The third-order valence-electron chi connectivity index (χ3n) is 3.59. The van der Waals surface area contributed by atoms with Crippen molar-refractivity contribution in [2.75, 3.05) is 0 Å². The van der Waals surface area contributed by atoms with Gasteiger partial charge in [0.15, 0.2) is 0 Å². The molecule has 2 aromatic carbocycles. The molecular weight excluding hydrogens is 480 g/mol. The van der Waals surface area contributed by atoms with Crippen LogP contribution in [0.5, 0.6) is 0 Å². The molecule has 2 aromatic rings. The lowest BCUT2D eigenvalue weighted by atomic mass is 10.1. The number of nitro groups is 4. The van der Waals surface area contributed by atoms with Gasteiger partial charge in [-0.2, -0.15) is 0 Å². The minimum atomic E-state index is -1.79. The number of nitro benzene ring substituents is 4. The lowest BCUT2D eigenvalue weighted by Crippen LogP contribution is -2.05. The summed E-state index contributed by atoms with van der Waals surface area (Å²) in [6.45, 7) is 0. The second-order valence-electron chi connectivity index (χ2n) is 5.49. The van der Waals surface area contributed by atoms with Gasteiger partial charge < -0.3 is 10.2 Å². The van der Waals surface area contributed by atoms with Crippen LogP contribution in [0.3, 0.4) is 0 Å². The zero-order chi connectivity index (χ0) is 24.3. The van der Waals surface area contributed by atoms with Gasteiger partial charge in [0, 0.05) is 12.1 Å². The molecule has 16 nitrogen and oxygen atoms in total. The second-order valence-corrected chi connectivity index (χ2v) is 7.64. The minimum absolute atomic E-state index is 0.215. The SMILES string of the molecule is O=C(O)c1cc([N+](=O)[O-])cc([N+](=O)[O-])c1SSc1c(C(=O)O)cc([N+](=O)[O-])cc1[N+](=O)[O-]. The van der Waals surface area contributed by atoms with E-state index in [4.69, 9.17) is 0 Å². The van der Waals surface area contributed by atoms with Crippen molar-refractivity contribution in [1.82, 2.24) is 0 Å². The molecule has 166 valence electrons. The maximum atomic E-state index is 11.5. The zero-order valence-electron chi connectivity index (χ0n) is 14.9. The Bertz CT molecular complexity index is 1050. The number of aromatic carboxylic acids is 2. The van der Waals surface area contributed by atoms with E-state index < -0.39 is 75.3 Å². The van der Waals surface area contributed by atoms with Crippen molar-refractivity contribution in [3.8, 4) is 0 Å². The third kappa shape index (κ3) is 4.87. The monoisotopic (exact) mass is 486 g/mol. The number of nitrogens with zero attached hydrogens (tertiary/aromatic N) is 4. The Hall–Kier alpha value is -4.32. The lowest BCUT2D eigenvalue weighted by Gasteiger charge is -2.09. The third-order valence-corrected chi connectivity index (χ3v) is 6.12. The summed E-state index contributed by atoms with van der Waals surface area (Å²) >= 11 is 0. The number of hydrogen-bond acceptors (Lipinski definition) is 12. The maximum absolute atomic E-state index is 11.5. The molecule has 0 aromatic heterocycles. The van der Waals surface area contributed by atoms with Crippen molar-refractivity contribution in [1.29, 1.82) is 0 Å². The molecule has 2 rings (SSSR count). The second kappa shape index (κ2) is 9.22. The van der Waals surface area contributed by atoms with Gasteiger partial charge in [-0.3, -0.25) is 40.5 Å². The average Bonchev–Trinajstić information content (AvgIpc) is 2.70. The molecule has 0 bridgehead atoms. The van der Waals surface area contributed by atoms with Gasteiger partial charge in [0.1, 0.15) is 9.79 Å². The number of carboxylic acid groups (broad SMARTS) is 2. The summed E-state index contributed by atoms with van der Waals surface area (Å²) < 4.78 is 0. The molecule has 0 radical (unpaired) electrons. The Balaban J connectivity index is 2.71. The van der Waals surface area contributed by atoms with Crippen LogP contribution in [0, 0.1) is 40.5 Å². The van der Waals surface area contributed by atoms with Crippen molar-refractivity contribution >= 4 is 56.3 Å². The molecule has 0 fully saturated rings. The van der Waals surface area contributed by atoms with Crippen LogP contribution >= 0.6 is 21.6 Å². The highest BCUT2D eigenvalue weighted by Crippen LogP contribution is 2.49. The first-order chi connectivity index (χ1) is 14.8.